The van der Waals surface area contributed by atoms with Crippen molar-refractivity contribution in [3.63, 3.8) is 0 Å². The Hall–Kier alpha value is -2.98. The van der Waals surface area contributed by atoms with Crippen LogP contribution in [0.25, 0.3) is 0 Å². The average Bonchev–Trinajstić information content (AvgIpc) is 3.11. The highest BCUT2D eigenvalue weighted by Crippen LogP contribution is 2.23. The van der Waals surface area contributed by atoms with Gasteiger partial charge in [0, 0.05) is 31.4 Å². The van der Waals surface area contributed by atoms with Gasteiger partial charge in [-0.05, 0) is 30.2 Å². The number of carbonyl (C=O) groups excluding carboxylic acids is 1. The summed E-state index contributed by atoms with van der Waals surface area (Å²) in [6.45, 7) is 5.39. The van der Waals surface area contributed by atoms with E-state index < -0.39 is 16.1 Å². The van der Waals surface area contributed by atoms with Gasteiger partial charge in [0.15, 0.2) is 0 Å². The minimum Gasteiger partial charge on any atom is -0.378 e. The molecule has 1 aromatic carbocycles. The summed E-state index contributed by atoms with van der Waals surface area (Å²) in [5.74, 6) is 0.878. The molecule has 1 atom stereocenters. The van der Waals surface area contributed by atoms with Gasteiger partial charge < -0.3 is 15.0 Å². The number of nitrogens with one attached hydrogen (secondary N) is 2. The number of benzene rings is 1. The molecule has 0 bridgehead atoms. The lowest BCUT2D eigenvalue weighted by atomic mass is 10.1. The second-order valence-electron chi connectivity index (χ2n) is 8.08. The van der Waals surface area contributed by atoms with Crippen molar-refractivity contribution in [1.82, 2.24) is 15.0 Å². The summed E-state index contributed by atoms with van der Waals surface area (Å²) in [4.78, 5) is 24.3. The molecule has 1 amide bonds. The van der Waals surface area contributed by atoms with E-state index in [1.807, 2.05) is 19.1 Å². The molecule has 2 N–H and O–H groups in total. The van der Waals surface area contributed by atoms with Crippen molar-refractivity contribution in [1.29, 1.82) is 0 Å². The largest absolute Gasteiger partial charge is 0.378 e. The summed E-state index contributed by atoms with van der Waals surface area (Å²) in [7, 11) is -3.65. The summed E-state index contributed by atoms with van der Waals surface area (Å²) in [5.41, 5.74) is 1.38. The number of unbranched alkanes of at least 4 members (excludes halogenated alkanes) is 1. The Kier molecular flexibility index (Phi) is 7.24. The molecule has 1 fully saturated rings. The summed E-state index contributed by atoms with van der Waals surface area (Å²) in [6.07, 6.45) is 4.01. The van der Waals surface area contributed by atoms with Crippen molar-refractivity contribution < 1.29 is 17.9 Å². The number of pyridine rings is 1. The molecule has 10 heteroatoms. The topological polar surface area (TPSA) is 113 Å². The molecule has 1 unspecified atom stereocenters. The summed E-state index contributed by atoms with van der Waals surface area (Å²) >= 11 is 0. The van der Waals surface area contributed by atoms with E-state index in [-0.39, 0.29) is 16.6 Å². The highest BCUT2D eigenvalue weighted by atomic mass is 32.2. The van der Waals surface area contributed by atoms with Crippen LogP contribution < -0.4 is 14.9 Å². The van der Waals surface area contributed by atoms with Crippen LogP contribution in [0.4, 0.5) is 5.82 Å². The highest BCUT2D eigenvalue weighted by Gasteiger charge is 2.31. The summed E-state index contributed by atoms with van der Waals surface area (Å²) in [6, 6.07) is 9.87. The molecular formula is C23H29N5O4S. The van der Waals surface area contributed by atoms with Crippen LogP contribution >= 0.6 is 0 Å². The van der Waals surface area contributed by atoms with Gasteiger partial charge in [-0.1, -0.05) is 38.0 Å². The zero-order valence-electron chi connectivity index (χ0n) is 18.7. The van der Waals surface area contributed by atoms with Crippen LogP contribution in [0.15, 0.2) is 52.5 Å². The summed E-state index contributed by atoms with van der Waals surface area (Å²) < 4.78 is 32.6. The smallest absolute Gasteiger partial charge is 0.263 e. The van der Waals surface area contributed by atoms with Crippen LogP contribution in [0.2, 0.25) is 0 Å². The SMILES string of the molecule is CCCCC(N=C1NS(=O)(=O)c2ccccc21)C(=O)NCc1ccc(N2CCOCC2)nc1. The lowest BCUT2D eigenvalue weighted by Gasteiger charge is -2.27. The number of anilines is 1. The second-order valence-corrected chi connectivity index (χ2v) is 9.73. The maximum absolute atomic E-state index is 13.0. The lowest BCUT2D eigenvalue weighted by molar-refractivity contribution is -0.122. The number of carbonyl (C=O) groups is 1. The van der Waals surface area contributed by atoms with E-state index in [1.54, 1.807) is 24.4 Å². The number of hydrogen-bond donors (Lipinski definition) is 2. The molecule has 2 aliphatic rings. The molecule has 0 saturated carbocycles. The first-order valence-electron chi connectivity index (χ1n) is 11.2. The minimum absolute atomic E-state index is 0.185. The molecule has 176 valence electrons. The number of aromatic nitrogens is 1. The maximum Gasteiger partial charge on any atom is 0.263 e. The van der Waals surface area contributed by atoms with Gasteiger partial charge in [-0.15, -0.1) is 0 Å². The number of amidine groups is 1. The number of morpholine rings is 1. The number of aliphatic imine (C=N–C) groups is 1. The van der Waals surface area contributed by atoms with E-state index in [1.165, 1.54) is 6.07 Å². The van der Waals surface area contributed by atoms with E-state index in [2.05, 4.69) is 24.9 Å². The maximum atomic E-state index is 13.0. The van der Waals surface area contributed by atoms with Crippen LogP contribution in [0, 0.1) is 0 Å². The van der Waals surface area contributed by atoms with Crippen molar-refractivity contribution >= 4 is 27.6 Å². The standard InChI is InChI=1S/C23H29N5O4S/c1-2-3-7-19(26-22-18-6-4-5-8-20(18)33(30,31)27-22)23(29)25-16-17-9-10-21(24-15-17)28-11-13-32-14-12-28/h4-6,8-10,15,19H,2-3,7,11-14,16H2,1H3,(H,25,29)(H,26,27). The molecule has 1 aromatic heterocycles. The van der Waals surface area contributed by atoms with Gasteiger partial charge in [-0.3, -0.25) is 14.5 Å². The van der Waals surface area contributed by atoms with Gasteiger partial charge in [0.05, 0.1) is 18.1 Å². The number of sulfonamides is 1. The van der Waals surface area contributed by atoms with Gasteiger partial charge in [0.2, 0.25) is 5.91 Å². The Morgan fingerprint density at radius 1 is 1.24 bits per heavy atom. The Balaban J connectivity index is 1.44. The summed E-state index contributed by atoms with van der Waals surface area (Å²) in [5, 5.41) is 2.93. The number of amides is 1. The molecule has 1 saturated heterocycles. The number of rotatable bonds is 8. The third kappa shape index (κ3) is 5.51. The number of fused-ring (bicyclic) bond motifs is 1. The van der Waals surface area contributed by atoms with Crippen LogP contribution in [0.3, 0.4) is 0 Å². The molecule has 2 aliphatic heterocycles. The third-order valence-electron chi connectivity index (χ3n) is 5.69. The molecule has 3 heterocycles. The van der Waals surface area contributed by atoms with Crippen LogP contribution in [0.1, 0.15) is 37.3 Å². The van der Waals surface area contributed by atoms with Gasteiger partial charge in [-0.2, -0.15) is 0 Å². The fraction of sp³-hybridized carbons (Fsp3) is 0.435. The lowest BCUT2D eigenvalue weighted by Crippen LogP contribution is -2.37. The van der Waals surface area contributed by atoms with Crippen molar-refractivity contribution in [2.24, 2.45) is 4.99 Å². The number of nitrogens with zero attached hydrogens (tertiary/aromatic N) is 3. The predicted molar refractivity (Wildman–Crippen MR) is 126 cm³/mol. The molecule has 2 aromatic rings. The molecule has 9 nitrogen and oxygen atoms in total. The normalized spacial score (nSPS) is 19.1. The van der Waals surface area contributed by atoms with Crippen molar-refractivity contribution in [3.8, 4) is 0 Å². The van der Waals surface area contributed by atoms with Crippen LogP contribution in [-0.4, -0.2) is 57.5 Å². The van der Waals surface area contributed by atoms with Crippen LogP contribution in [0.5, 0.6) is 0 Å². The van der Waals surface area contributed by atoms with E-state index in [0.29, 0.717) is 31.7 Å². The molecule has 4 rings (SSSR count). The minimum atomic E-state index is -3.65. The van der Waals surface area contributed by atoms with Gasteiger partial charge in [-0.25, -0.2) is 13.4 Å². The average molecular weight is 472 g/mol. The number of hydrogen-bond acceptors (Lipinski definition) is 7. The molecular weight excluding hydrogens is 442 g/mol. The molecule has 0 spiro atoms. The van der Waals surface area contributed by atoms with E-state index in [0.717, 1.165) is 37.3 Å². The monoisotopic (exact) mass is 471 g/mol. The van der Waals surface area contributed by atoms with E-state index in [9.17, 15) is 13.2 Å². The first-order valence-corrected chi connectivity index (χ1v) is 12.7. The Bertz CT molecular complexity index is 1110. The Morgan fingerprint density at radius 3 is 2.76 bits per heavy atom. The fourth-order valence-electron chi connectivity index (χ4n) is 3.85. The van der Waals surface area contributed by atoms with Crippen molar-refractivity contribution in [2.45, 2.75) is 43.7 Å². The Labute approximate surface area is 194 Å². The van der Waals surface area contributed by atoms with E-state index >= 15 is 0 Å². The number of ether oxygens (including phenoxy) is 1. The van der Waals surface area contributed by atoms with Crippen LogP contribution in [-0.2, 0) is 26.1 Å². The molecule has 0 aliphatic carbocycles. The zero-order valence-corrected chi connectivity index (χ0v) is 19.5. The van der Waals surface area contributed by atoms with Gasteiger partial charge >= 0.3 is 0 Å². The van der Waals surface area contributed by atoms with Crippen molar-refractivity contribution in [3.05, 3.63) is 53.7 Å². The second kappa shape index (κ2) is 10.3. The first kappa shape index (κ1) is 23.2. The third-order valence-corrected chi connectivity index (χ3v) is 7.09. The van der Waals surface area contributed by atoms with Crippen molar-refractivity contribution in [2.75, 3.05) is 31.2 Å². The van der Waals surface area contributed by atoms with Gasteiger partial charge in [0.25, 0.3) is 10.0 Å². The first-order chi connectivity index (χ1) is 16.0. The fourth-order valence-corrected chi connectivity index (χ4v) is 5.08. The molecule has 33 heavy (non-hydrogen) atoms. The Morgan fingerprint density at radius 2 is 2.03 bits per heavy atom. The zero-order chi connectivity index (χ0) is 23.3. The quantitative estimate of drug-likeness (QED) is 0.607. The highest BCUT2D eigenvalue weighted by molar-refractivity contribution is 7.90. The van der Waals surface area contributed by atoms with Gasteiger partial charge in [0.1, 0.15) is 17.7 Å². The predicted octanol–water partition coefficient (Wildman–Crippen LogP) is 1.83. The molecule has 0 radical (unpaired) electrons. The van der Waals surface area contributed by atoms with E-state index in [4.69, 9.17) is 4.74 Å².